The highest BCUT2D eigenvalue weighted by molar-refractivity contribution is 5.80. The molecule has 0 aliphatic carbocycles. The van der Waals surface area contributed by atoms with Crippen molar-refractivity contribution in [1.29, 1.82) is 0 Å². The van der Waals surface area contributed by atoms with Crippen molar-refractivity contribution < 1.29 is 19.8 Å². The molecule has 2 N–H and O–H groups in total. The van der Waals surface area contributed by atoms with Crippen molar-refractivity contribution in [3.05, 3.63) is 35.9 Å². The van der Waals surface area contributed by atoms with Gasteiger partial charge in [-0.2, -0.15) is 0 Å². The van der Waals surface area contributed by atoms with Gasteiger partial charge in [-0.25, -0.2) is 0 Å². The summed E-state index contributed by atoms with van der Waals surface area (Å²) >= 11 is 0. The molecule has 0 spiro atoms. The molecule has 0 heterocycles. The topological polar surface area (TPSA) is 106 Å². The molecule has 1 aromatic carbocycles. The molecule has 0 radical (unpaired) electrons. The van der Waals surface area contributed by atoms with Gasteiger partial charge in [0.25, 0.3) is 0 Å². The van der Waals surface area contributed by atoms with Gasteiger partial charge in [0.2, 0.25) is 0 Å². The van der Waals surface area contributed by atoms with Gasteiger partial charge in [0, 0.05) is 11.9 Å². The van der Waals surface area contributed by atoms with Gasteiger partial charge < -0.3 is 25.5 Å². The van der Waals surface area contributed by atoms with Crippen molar-refractivity contribution >= 4 is 11.9 Å². The van der Waals surface area contributed by atoms with E-state index in [0.717, 1.165) is 0 Å². The highest BCUT2D eigenvalue weighted by atomic mass is 16.4. The zero-order chi connectivity index (χ0) is 12.1. The maximum atomic E-state index is 10.8. The lowest BCUT2D eigenvalue weighted by molar-refractivity contribution is -0.322. The molecular formula is C11H11NO4-2. The van der Waals surface area contributed by atoms with Crippen LogP contribution in [0.3, 0.4) is 0 Å². The lowest BCUT2D eigenvalue weighted by Gasteiger charge is -2.25. The van der Waals surface area contributed by atoms with Crippen molar-refractivity contribution in [3.63, 3.8) is 0 Å². The van der Waals surface area contributed by atoms with Crippen molar-refractivity contribution in [2.45, 2.75) is 12.5 Å². The van der Waals surface area contributed by atoms with E-state index in [2.05, 4.69) is 0 Å². The first-order chi connectivity index (χ1) is 7.52. The number of carbonyl (C=O) groups is 2. The lowest BCUT2D eigenvalue weighted by Crippen LogP contribution is -2.53. The van der Waals surface area contributed by atoms with E-state index in [0.29, 0.717) is 5.56 Å². The van der Waals surface area contributed by atoms with Crippen molar-refractivity contribution in [3.8, 4) is 0 Å². The van der Waals surface area contributed by atoms with Crippen molar-refractivity contribution in [2.75, 3.05) is 0 Å². The first kappa shape index (κ1) is 12.2. The summed E-state index contributed by atoms with van der Waals surface area (Å²) in [5.41, 5.74) is 5.91. The second-order valence-corrected chi connectivity index (χ2v) is 3.46. The molecule has 0 aliphatic rings. The molecule has 5 heteroatoms. The Morgan fingerprint density at radius 3 is 2.12 bits per heavy atom. The highest BCUT2D eigenvalue weighted by Gasteiger charge is 2.20. The highest BCUT2D eigenvalue weighted by Crippen LogP contribution is 2.10. The van der Waals surface area contributed by atoms with Crippen molar-refractivity contribution in [1.82, 2.24) is 0 Å². The molecule has 0 saturated heterocycles. The maximum Gasteiger partial charge on any atom is 0.0589 e. The Labute approximate surface area is 92.5 Å². The number of carbonyl (C=O) groups excluding carboxylic acids is 2. The van der Waals surface area contributed by atoms with Gasteiger partial charge in [-0.1, -0.05) is 30.3 Å². The number of rotatable bonds is 5. The number of carboxylic acid groups (broad SMARTS) is 2. The van der Waals surface area contributed by atoms with Crippen LogP contribution in [0.2, 0.25) is 0 Å². The van der Waals surface area contributed by atoms with E-state index < -0.39 is 23.9 Å². The summed E-state index contributed by atoms with van der Waals surface area (Å²) in [6.07, 6.45) is 0.0122. The minimum absolute atomic E-state index is 0.0122. The number of benzene rings is 1. The molecule has 1 aromatic rings. The zero-order valence-electron chi connectivity index (χ0n) is 8.46. The SMILES string of the molecule is NC(C(=O)[O-])C(Cc1ccccc1)C(=O)[O-]. The van der Waals surface area contributed by atoms with Gasteiger partial charge in [0.15, 0.2) is 0 Å². The maximum absolute atomic E-state index is 10.8. The summed E-state index contributed by atoms with van der Waals surface area (Å²) in [4.78, 5) is 21.3. The summed E-state index contributed by atoms with van der Waals surface area (Å²) in [6.45, 7) is 0. The van der Waals surface area contributed by atoms with Crippen LogP contribution >= 0.6 is 0 Å². The Morgan fingerprint density at radius 1 is 1.12 bits per heavy atom. The third-order valence-corrected chi connectivity index (χ3v) is 2.31. The standard InChI is InChI=1S/C11H13NO4/c12-9(11(15)16)8(10(13)14)6-7-4-2-1-3-5-7/h1-5,8-9H,6,12H2,(H,13,14)(H,15,16)/p-2. The third kappa shape index (κ3) is 3.06. The molecule has 0 amide bonds. The van der Waals surface area contributed by atoms with E-state index in [4.69, 9.17) is 5.73 Å². The predicted octanol–water partition coefficient (Wildman–Crippen LogP) is -2.33. The molecule has 0 aliphatic heterocycles. The van der Waals surface area contributed by atoms with Gasteiger partial charge in [0.05, 0.1) is 12.0 Å². The van der Waals surface area contributed by atoms with Crippen LogP contribution in [0.15, 0.2) is 30.3 Å². The Bertz CT molecular complexity index is 377. The first-order valence-corrected chi connectivity index (χ1v) is 4.73. The Hall–Kier alpha value is -1.88. The van der Waals surface area contributed by atoms with Crippen LogP contribution in [0, 0.1) is 5.92 Å². The molecule has 5 nitrogen and oxygen atoms in total. The number of hydrogen-bond donors (Lipinski definition) is 1. The molecule has 0 saturated carbocycles. The smallest absolute Gasteiger partial charge is 0.0589 e. The Morgan fingerprint density at radius 2 is 1.69 bits per heavy atom. The normalized spacial score (nSPS) is 14.1. The summed E-state index contributed by atoms with van der Waals surface area (Å²) in [5, 5.41) is 21.3. The number of nitrogens with two attached hydrogens (primary N) is 1. The number of carboxylic acids is 2. The minimum Gasteiger partial charge on any atom is -0.550 e. The summed E-state index contributed by atoms with van der Waals surface area (Å²) in [7, 11) is 0. The molecule has 16 heavy (non-hydrogen) atoms. The molecule has 1 rings (SSSR count). The van der Waals surface area contributed by atoms with Crippen LogP contribution in [-0.4, -0.2) is 18.0 Å². The molecule has 0 fully saturated rings. The van der Waals surface area contributed by atoms with E-state index in [9.17, 15) is 19.8 Å². The average molecular weight is 221 g/mol. The minimum atomic E-state index is -1.59. The van der Waals surface area contributed by atoms with Crippen LogP contribution in [0.5, 0.6) is 0 Å². The van der Waals surface area contributed by atoms with Crippen LogP contribution in [0.1, 0.15) is 5.56 Å². The van der Waals surface area contributed by atoms with Crippen LogP contribution in [0.25, 0.3) is 0 Å². The quantitative estimate of drug-likeness (QED) is 0.600. The van der Waals surface area contributed by atoms with Gasteiger partial charge in [-0.3, -0.25) is 0 Å². The van der Waals surface area contributed by atoms with E-state index in [1.54, 1.807) is 30.3 Å². The average Bonchev–Trinajstić information content (AvgIpc) is 2.26. The summed E-state index contributed by atoms with van der Waals surface area (Å²) in [6, 6.07) is 7.05. The van der Waals surface area contributed by atoms with Gasteiger partial charge in [0.1, 0.15) is 0 Å². The predicted molar refractivity (Wildman–Crippen MR) is 51.6 cm³/mol. The largest absolute Gasteiger partial charge is 0.550 e. The zero-order valence-corrected chi connectivity index (χ0v) is 8.46. The van der Waals surface area contributed by atoms with Crippen LogP contribution < -0.4 is 15.9 Å². The van der Waals surface area contributed by atoms with Crippen LogP contribution in [-0.2, 0) is 16.0 Å². The fourth-order valence-electron chi connectivity index (χ4n) is 1.39. The molecule has 2 atom stereocenters. The lowest BCUT2D eigenvalue weighted by atomic mass is 9.93. The molecule has 86 valence electrons. The van der Waals surface area contributed by atoms with Gasteiger partial charge in [-0.05, 0) is 12.0 Å². The second kappa shape index (κ2) is 5.27. The third-order valence-electron chi connectivity index (χ3n) is 2.31. The first-order valence-electron chi connectivity index (χ1n) is 4.73. The number of aliphatic carboxylic acids is 2. The van der Waals surface area contributed by atoms with Gasteiger partial charge in [-0.15, -0.1) is 0 Å². The monoisotopic (exact) mass is 221 g/mol. The van der Waals surface area contributed by atoms with E-state index >= 15 is 0 Å². The Balaban J connectivity index is 2.81. The fourth-order valence-corrected chi connectivity index (χ4v) is 1.39. The van der Waals surface area contributed by atoms with Crippen molar-refractivity contribution in [2.24, 2.45) is 11.7 Å². The van der Waals surface area contributed by atoms with Gasteiger partial charge >= 0.3 is 0 Å². The molecule has 0 bridgehead atoms. The van der Waals surface area contributed by atoms with E-state index in [-0.39, 0.29) is 6.42 Å². The van der Waals surface area contributed by atoms with E-state index in [1.165, 1.54) is 0 Å². The Kier molecular flexibility index (Phi) is 4.02. The van der Waals surface area contributed by atoms with E-state index in [1.807, 2.05) is 0 Å². The molecule has 0 aromatic heterocycles. The second-order valence-electron chi connectivity index (χ2n) is 3.46. The fraction of sp³-hybridized carbons (Fsp3) is 0.273. The summed E-state index contributed by atoms with van der Waals surface area (Å²) in [5.74, 6) is -4.36. The van der Waals surface area contributed by atoms with Crippen LogP contribution in [0.4, 0.5) is 0 Å². The number of hydrogen-bond acceptors (Lipinski definition) is 5. The molecular weight excluding hydrogens is 210 g/mol. The molecule has 2 unspecified atom stereocenters. The summed E-state index contributed by atoms with van der Waals surface area (Å²) < 4.78 is 0.